The van der Waals surface area contributed by atoms with E-state index in [-0.39, 0.29) is 5.41 Å². The van der Waals surface area contributed by atoms with Gasteiger partial charge in [-0.15, -0.1) is 0 Å². The molecule has 0 saturated heterocycles. The maximum absolute atomic E-state index is 14.0. The molecule has 4 fully saturated rings. The summed E-state index contributed by atoms with van der Waals surface area (Å²) in [7, 11) is 0. The maximum Gasteiger partial charge on any atom is 0.229 e. The number of amides is 1. The van der Waals surface area contributed by atoms with Crippen molar-refractivity contribution in [1.82, 2.24) is 9.47 Å². The van der Waals surface area contributed by atoms with Crippen LogP contribution < -0.4 is 0 Å². The van der Waals surface area contributed by atoms with E-state index in [4.69, 9.17) is 11.6 Å². The van der Waals surface area contributed by atoms with Gasteiger partial charge in [0, 0.05) is 30.0 Å². The lowest BCUT2D eigenvalue weighted by Crippen LogP contribution is -2.54. The summed E-state index contributed by atoms with van der Waals surface area (Å²) in [5.41, 5.74) is 2.26. The molecule has 4 aliphatic carbocycles. The highest BCUT2D eigenvalue weighted by Gasteiger charge is 2.55. The quantitative estimate of drug-likeness (QED) is 0.459. The molecule has 31 heavy (non-hydrogen) atoms. The van der Waals surface area contributed by atoms with Crippen LogP contribution in [0.5, 0.6) is 0 Å². The number of unbranched alkanes of at least 4 members (excludes halogenated alkanes) is 1. The highest BCUT2D eigenvalue weighted by Crippen LogP contribution is 2.60. The van der Waals surface area contributed by atoms with Gasteiger partial charge in [0.1, 0.15) is 0 Å². The van der Waals surface area contributed by atoms with Crippen LogP contribution in [0, 0.1) is 23.2 Å². The summed E-state index contributed by atoms with van der Waals surface area (Å²) in [4.78, 5) is 16.3. The van der Waals surface area contributed by atoms with Gasteiger partial charge in [0.05, 0.1) is 12.0 Å². The van der Waals surface area contributed by atoms with Gasteiger partial charge in [-0.1, -0.05) is 43.1 Å². The Hall–Kier alpha value is -1.74. The second-order valence-electron chi connectivity index (χ2n) is 10.5. The third-order valence-electron chi connectivity index (χ3n) is 8.14. The van der Waals surface area contributed by atoms with Gasteiger partial charge in [-0.3, -0.25) is 4.79 Å². The molecule has 6 rings (SSSR count). The van der Waals surface area contributed by atoms with Crippen LogP contribution in [0.15, 0.2) is 42.6 Å². The molecular weight excluding hydrogens is 404 g/mol. The normalized spacial score (nSPS) is 28.8. The van der Waals surface area contributed by atoms with Crippen LogP contribution in [-0.4, -0.2) is 21.9 Å². The molecule has 0 atom stereocenters. The second kappa shape index (κ2) is 8.65. The van der Waals surface area contributed by atoms with E-state index in [1.165, 1.54) is 25.0 Å². The summed E-state index contributed by atoms with van der Waals surface area (Å²) in [6, 6.07) is 12.3. The van der Waals surface area contributed by atoms with E-state index in [9.17, 15) is 4.79 Å². The van der Waals surface area contributed by atoms with E-state index in [0.29, 0.717) is 12.5 Å². The number of benzene rings is 1. The number of rotatable bonds is 8. The summed E-state index contributed by atoms with van der Waals surface area (Å²) >= 11 is 6.42. The number of hydrogen-bond donors (Lipinski definition) is 0. The standard InChI is InChI=1S/C27H35ClN2O/c1-2-3-10-30(26(31)27-15-20-12-21(16-27)14-22(13-20)17-27)19-24-8-6-11-29(24)18-23-7-4-5-9-25(23)28/h4-9,11,20-22H,2-3,10,12-19H2,1H3. The van der Waals surface area contributed by atoms with Gasteiger partial charge in [-0.05, 0) is 86.5 Å². The van der Waals surface area contributed by atoms with Crippen LogP contribution in [0.2, 0.25) is 5.02 Å². The summed E-state index contributed by atoms with van der Waals surface area (Å²) in [6.07, 6.45) is 11.9. The highest BCUT2D eigenvalue weighted by molar-refractivity contribution is 6.31. The summed E-state index contributed by atoms with van der Waals surface area (Å²) in [6.45, 7) is 4.54. The molecular formula is C27H35ClN2O. The zero-order valence-corrected chi connectivity index (χ0v) is 19.5. The zero-order chi connectivity index (χ0) is 21.4. The van der Waals surface area contributed by atoms with Crippen molar-refractivity contribution >= 4 is 17.5 Å². The van der Waals surface area contributed by atoms with Crippen molar-refractivity contribution in [2.24, 2.45) is 23.2 Å². The number of carbonyl (C=O) groups is 1. The monoisotopic (exact) mass is 438 g/mol. The van der Waals surface area contributed by atoms with Crippen molar-refractivity contribution in [2.45, 2.75) is 71.4 Å². The molecule has 1 aromatic heterocycles. The van der Waals surface area contributed by atoms with E-state index in [1.807, 2.05) is 18.2 Å². The number of hydrogen-bond acceptors (Lipinski definition) is 1. The minimum atomic E-state index is -0.0668. The fourth-order valence-electron chi connectivity index (χ4n) is 7.06. The molecule has 1 amide bonds. The van der Waals surface area contributed by atoms with Crippen molar-refractivity contribution < 1.29 is 4.79 Å². The number of nitrogens with zero attached hydrogens (tertiary/aromatic N) is 2. The Morgan fingerprint density at radius 2 is 1.74 bits per heavy atom. The van der Waals surface area contributed by atoms with Crippen molar-refractivity contribution in [2.75, 3.05) is 6.54 Å². The molecule has 3 nitrogen and oxygen atoms in total. The second-order valence-corrected chi connectivity index (χ2v) is 10.9. The molecule has 4 aliphatic rings. The Kier molecular flexibility index (Phi) is 5.90. The van der Waals surface area contributed by atoms with Gasteiger partial charge < -0.3 is 9.47 Å². The molecule has 4 saturated carbocycles. The van der Waals surface area contributed by atoms with Crippen molar-refractivity contribution in [3.63, 3.8) is 0 Å². The van der Waals surface area contributed by atoms with E-state index in [0.717, 1.165) is 73.5 Å². The highest BCUT2D eigenvalue weighted by atomic mass is 35.5. The minimum Gasteiger partial charge on any atom is -0.345 e. The molecule has 1 aromatic carbocycles. The molecule has 0 N–H and O–H groups in total. The van der Waals surface area contributed by atoms with E-state index in [1.54, 1.807) is 0 Å². The van der Waals surface area contributed by atoms with Gasteiger partial charge in [0.2, 0.25) is 5.91 Å². The molecule has 4 bridgehead atoms. The largest absolute Gasteiger partial charge is 0.345 e. The minimum absolute atomic E-state index is 0.0668. The van der Waals surface area contributed by atoms with Crippen LogP contribution in [0.3, 0.4) is 0 Å². The molecule has 4 heteroatoms. The van der Waals surface area contributed by atoms with Gasteiger partial charge in [-0.25, -0.2) is 0 Å². The van der Waals surface area contributed by atoms with E-state index < -0.39 is 0 Å². The SMILES string of the molecule is CCCCN(Cc1cccn1Cc1ccccc1Cl)C(=O)C12CC3CC(CC(C3)C1)C2. The first-order valence-corrected chi connectivity index (χ1v) is 12.6. The first-order valence-electron chi connectivity index (χ1n) is 12.2. The number of carbonyl (C=O) groups excluding carboxylic acids is 1. The lowest BCUT2D eigenvalue weighted by molar-refractivity contribution is -0.158. The fourth-order valence-corrected chi connectivity index (χ4v) is 7.26. The zero-order valence-electron chi connectivity index (χ0n) is 18.7. The van der Waals surface area contributed by atoms with E-state index in [2.05, 4.69) is 40.8 Å². The molecule has 0 aliphatic heterocycles. The first kappa shape index (κ1) is 21.1. The number of halogens is 1. The van der Waals surface area contributed by atoms with Crippen molar-refractivity contribution in [3.8, 4) is 0 Å². The maximum atomic E-state index is 14.0. The van der Waals surface area contributed by atoms with Crippen LogP contribution >= 0.6 is 11.6 Å². The van der Waals surface area contributed by atoms with Crippen molar-refractivity contribution in [3.05, 3.63) is 58.9 Å². The van der Waals surface area contributed by atoms with Gasteiger partial charge >= 0.3 is 0 Å². The van der Waals surface area contributed by atoms with Gasteiger partial charge in [0.15, 0.2) is 0 Å². The molecule has 166 valence electrons. The Balaban J connectivity index is 1.36. The smallest absolute Gasteiger partial charge is 0.229 e. The number of aromatic nitrogens is 1. The van der Waals surface area contributed by atoms with Crippen LogP contribution in [0.1, 0.15) is 69.5 Å². The van der Waals surface area contributed by atoms with Gasteiger partial charge in [0.25, 0.3) is 0 Å². The van der Waals surface area contributed by atoms with Gasteiger partial charge in [-0.2, -0.15) is 0 Å². The molecule has 0 spiro atoms. The lowest BCUT2D eigenvalue weighted by Gasteiger charge is -2.56. The van der Waals surface area contributed by atoms with Crippen LogP contribution in [-0.2, 0) is 17.9 Å². The Morgan fingerprint density at radius 3 is 2.39 bits per heavy atom. The Morgan fingerprint density at radius 1 is 1.06 bits per heavy atom. The third-order valence-corrected chi connectivity index (χ3v) is 8.50. The topological polar surface area (TPSA) is 25.2 Å². The van der Waals surface area contributed by atoms with E-state index >= 15 is 0 Å². The lowest BCUT2D eigenvalue weighted by atomic mass is 9.49. The summed E-state index contributed by atoms with van der Waals surface area (Å²) in [5.74, 6) is 2.84. The summed E-state index contributed by atoms with van der Waals surface area (Å²) < 4.78 is 2.26. The van der Waals surface area contributed by atoms with Crippen LogP contribution in [0.25, 0.3) is 0 Å². The Bertz CT molecular complexity index is 898. The average molecular weight is 439 g/mol. The fraction of sp³-hybridized carbons (Fsp3) is 0.593. The van der Waals surface area contributed by atoms with Crippen LogP contribution in [0.4, 0.5) is 0 Å². The molecule has 0 radical (unpaired) electrons. The van der Waals surface area contributed by atoms with Crippen molar-refractivity contribution in [1.29, 1.82) is 0 Å². The molecule has 2 aromatic rings. The predicted octanol–water partition coefficient (Wildman–Crippen LogP) is 6.53. The third kappa shape index (κ3) is 4.18. The molecule has 1 heterocycles. The summed E-state index contributed by atoms with van der Waals surface area (Å²) in [5, 5.41) is 0.801. The average Bonchev–Trinajstić information content (AvgIpc) is 3.18. The first-order chi connectivity index (χ1) is 15.1. The predicted molar refractivity (Wildman–Crippen MR) is 126 cm³/mol. The Labute approximate surface area is 191 Å². The molecule has 0 unspecified atom stereocenters.